The molecule has 0 saturated carbocycles. The van der Waals surface area contributed by atoms with E-state index >= 15 is 0 Å². The van der Waals surface area contributed by atoms with Gasteiger partial charge in [0.05, 0.1) is 7.11 Å². The van der Waals surface area contributed by atoms with E-state index in [1.54, 1.807) is 6.07 Å². The first-order chi connectivity index (χ1) is 17.0. The van der Waals surface area contributed by atoms with Gasteiger partial charge in [-0.2, -0.15) is 4.31 Å². The fourth-order valence-corrected chi connectivity index (χ4v) is 6.11. The van der Waals surface area contributed by atoms with Gasteiger partial charge in [-0.15, -0.1) is 0 Å². The van der Waals surface area contributed by atoms with Gasteiger partial charge in [0, 0.05) is 24.0 Å². The van der Waals surface area contributed by atoms with E-state index in [4.69, 9.17) is 9.15 Å². The summed E-state index contributed by atoms with van der Waals surface area (Å²) in [5, 5.41) is 3.96. The molecular formula is C27H26N2O5S. The molecule has 1 aromatic heterocycles. The van der Waals surface area contributed by atoms with Crippen molar-refractivity contribution < 1.29 is 22.4 Å². The number of amides is 1. The van der Waals surface area contributed by atoms with Crippen LogP contribution in [0.4, 0.5) is 0 Å². The monoisotopic (exact) mass is 490 g/mol. The summed E-state index contributed by atoms with van der Waals surface area (Å²) in [5.41, 5.74) is 1.79. The first-order valence-electron chi connectivity index (χ1n) is 11.5. The van der Waals surface area contributed by atoms with Crippen LogP contribution < -0.4 is 10.1 Å². The number of hydrogen-bond donors (Lipinski definition) is 1. The molecule has 2 heterocycles. The van der Waals surface area contributed by atoms with Crippen molar-refractivity contribution in [3.05, 3.63) is 95.7 Å². The van der Waals surface area contributed by atoms with Crippen molar-refractivity contribution in [3.8, 4) is 5.75 Å². The Hall–Kier alpha value is -3.62. The molecule has 180 valence electrons. The Morgan fingerprint density at radius 2 is 1.69 bits per heavy atom. The second kappa shape index (κ2) is 9.56. The van der Waals surface area contributed by atoms with Crippen LogP contribution in [-0.2, 0) is 10.0 Å². The first kappa shape index (κ1) is 23.1. The molecule has 7 nitrogen and oxygen atoms in total. The van der Waals surface area contributed by atoms with E-state index in [0.717, 1.165) is 29.4 Å². The Bertz CT molecular complexity index is 1420. The molecule has 1 unspecified atom stereocenters. The maximum absolute atomic E-state index is 13.4. The number of rotatable bonds is 7. The minimum absolute atomic E-state index is 0.00505. The fourth-order valence-electron chi connectivity index (χ4n) is 4.41. The van der Waals surface area contributed by atoms with E-state index in [1.165, 1.54) is 23.5 Å². The summed E-state index contributed by atoms with van der Waals surface area (Å²) >= 11 is 0. The summed E-state index contributed by atoms with van der Waals surface area (Å²) in [7, 11) is -2.36. The number of hydrogen-bond acceptors (Lipinski definition) is 5. The Balaban J connectivity index is 1.51. The Morgan fingerprint density at radius 1 is 0.971 bits per heavy atom. The molecule has 1 N–H and O–H groups in total. The van der Waals surface area contributed by atoms with Crippen molar-refractivity contribution in [1.29, 1.82) is 0 Å². The van der Waals surface area contributed by atoms with Crippen LogP contribution in [0.2, 0.25) is 0 Å². The summed E-state index contributed by atoms with van der Waals surface area (Å²) < 4.78 is 39.3. The number of nitrogens with one attached hydrogen (secondary N) is 1. The van der Waals surface area contributed by atoms with Gasteiger partial charge in [0.2, 0.25) is 10.0 Å². The third-order valence-electron chi connectivity index (χ3n) is 6.25. The Labute approximate surface area is 204 Å². The normalized spacial score (nSPS) is 15.2. The minimum Gasteiger partial charge on any atom is -0.495 e. The number of benzene rings is 3. The number of methoxy groups -OCH3 is 1. The van der Waals surface area contributed by atoms with Crippen LogP contribution in [0.15, 0.2) is 88.2 Å². The zero-order valence-electron chi connectivity index (χ0n) is 19.3. The summed E-state index contributed by atoms with van der Waals surface area (Å²) in [6.07, 6.45) is 1.63. The van der Waals surface area contributed by atoms with Crippen molar-refractivity contribution in [3.63, 3.8) is 0 Å². The summed E-state index contributed by atoms with van der Waals surface area (Å²) in [6.45, 7) is 0.925. The number of sulfonamides is 1. The summed E-state index contributed by atoms with van der Waals surface area (Å²) in [4.78, 5) is 13.4. The lowest BCUT2D eigenvalue weighted by Crippen LogP contribution is -2.30. The van der Waals surface area contributed by atoms with E-state index in [-0.39, 0.29) is 16.2 Å². The number of carbonyl (C=O) groups excluding carboxylic acids is 1. The third kappa shape index (κ3) is 4.54. The number of fused-ring (bicyclic) bond motifs is 1. The van der Waals surface area contributed by atoms with Gasteiger partial charge < -0.3 is 14.5 Å². The third-order valence-corrected chi connectivity index (χ3v) is 8.17. The maximum atomic E-state index is 13.4. The van der Waals surface area contributed by atoms with Gasteiger partial charge in [-0.3, -0.25) is 4.79 Å². The number of nitrogens with zero attached hydrogens (tertiary/aromatic N) is 1. The highest BCUT2D eigenvalue weighted by atomic mass is 32.2. The second-order valence-corrected chi connectivity index (χ2v) is 10.4. The highest BCUT2D eigenvalue weighted by molar-refractivity contribution is 7.89. The predicted octanol–water partition coefficient (Wildman–Crippen LogP) is 4.75. The van der Waals surface area contributed by atoms with E-state index in [0.29, 0.717) is 18.8 Å². The topological polar surface area (TPSA) is 88.8 Å². The lowest BCUT2D eigenvalue weighted by Gasteiger charge is -2.20. The van der Waals surface area contributed by atoms with Crippen LogP contribution in [0.25, 0.3) is 11.0 Å². The largest absolute Gasteiger partial charge is 0.495 e. The van der Waals surface area contributed by atoms with Crippen LogP contribution in [-0.4, -0.2) is 38.8 Å². The van der Waals surface area contributed by atoms with E-state index < -0.39 is 22.0 Å². The second-order valence-electron chi connectivity index (χ2n) is 8.48. The van der Waals surface area contributed by atoms with Crippen molar-refractivity contribution in [2.45, 2.75) is 23.8 Å². The van der Waals surface area contributed by atoms with Gasteiger partial charge in [0.25, 0.3) is 5.91 Å². The van der Waals surface area contributed by atoms with Crippen molar-refractivity contribution in [1.82, 2.24) is 9.62 Å². The van der Waals surface area contributed by atoms with Crippen molar-refractivity contribution in [2.75, 3.05) is 20.2 Å². The molecule has 1 saturated heterocycles. The molecule has 0 spiro atoms. The zero-order chi connectivity index (χ0) is 24.4. The highest BCUT2D eigenvalue weighted by Gasteiger charge is 2.31. The van der Waals surface area contributed by atoms with Crippen LogP contribution >= 0.6 is 0 Å². The van der Waals surface area contributed by atoms with Crippen LogP contribution in [0.3, 0.4) is 0 Å². The van der Waals surface area contributed by atoms with Crippen LogP contribution in [0.1, 0.15) is 40.6 Å². The fraction of sp³-hybridized carbons (Fsp3) is 0.222. The maximum Gasteiger partial charge on any atom is 0.252 e. The van der Waals surface area contributed by atoms with Gasteiger partial charge in [-0.1, -0.05) is 48.5 Å². The Morgan fingerprint density at radius 3 is 2.40 bits per heavy atom. The average molecular weight is 491 g/mol. The predicted molar refractivity (Wildman–Crippen MR) is 133 cm³/mol. The molecular weight excluding hydrogens is 464 g/mol. The molecule has 0 aliphatic carbocycles. The van der Waals surface area contributed by atoms with Gasteiger partial charge in [0.15, 0.2) is 0 Å². The first-order valence-corrected chi connectivity index (χ1v) is 12.9. The van der Waals surface area contributed by atoms with Crippen molar-refractivity contribution in [2.24, 2.45) is 0 Å². The zero-order valence-corrected chi connectivity index (χ0v) is 20.1. The lowest BCUT2D eigenvalue weighted by atomic mass is 10.0. The minimum atomic E-state index is -3.78. The Kier molecular flexibility index (Phi) is 6.32. The molecule has 1 aliphatic rings. The molecule has 35 heavy (non-hydrogen) atoms. The standard InChI is InChI=1S/C27H26N2O5S/c1-33-23-14-13-21(18-25(23)35(31,32)29-15-7-8-16-29)27(30)28-26(19-9-3-2-4-10-19)24-17-20-11-5-6-12-22(20)34-24/h2-6,9-14,17-18,26H,7-8,15-16H2,1H3,(H,28,30). The van der Waals surface area contributed by atoms with Gasteiger partial charge in [-0.25, -0.2) is 8.42 Å². The quantitative estimate of drug-likeness (QED) is 0.404. The number of para-hydroxylation sites is 1. The molecule has 8 heteroatoms. The molecule has 1 amide bonds. The van der Waals surface area contributed by atoms with Crippen LogP contribution in [0.5, 0.6) is 5.75 Å². The van der Waals surface area contributed by atoms with E-state index in [9.17, 15) is 13.2 Å². The molecule has 5 rings (SSSR count). The molecule has 0 radical (unpaired) electrons. The molecule has 1 fully saturated rings. The van der Waals surface area contributed by atoms with Crippen LogP contribution in [0, 0.1) is 0 Å². The SMILES string of the molecule is COc1ccc(C(=O)NC(c2ccccc2)c2cc3ccccc3o2)cc1S(=O)(=O)N1CCCC1. The van der Waals surface area contributed by atoms with Gasteiger partial charge in [-0.05, 0) is 48.7 Å². The summed E-state index contributed by atoms with van der Waals surface area (Å²) in [5.74, 6) is 0.384. The van der Waals surface area contributed by atoms with Crippen molar-refractivity contribution >= 4 is 26.9 Å². The lowest BCUT2D eigenvalue weighted by molar-refractivity contribution is 0.0939. The molecule has 0 bridgehead atoms. The summed E-state index contributed by atoms with van der Waals surface area (Å²) in [6, 6.07) is 23.0. The average Bonchev–Trinajstić information content (AvgIpc) is 3.58. The number of carbonyl (C=O) groups is 1. The van der Waals surface area contributed by atoms with E-state index in [1.807, 2.05) is 60.7 Å². The molecule has 4 aromatic rings. The molecule has 3 aromatic carbocycles. The van der Waals surface area contributed by atoms with Gasteiger partial charge in [0.1, 0.15) is 28.0 Å². The number of ether oxygens (including phenoxy) is 1. The van der Waals surface area contributed by atoms with Gasteiger partial charge >= 0.3 is 0 Å². The molecule has 1 atom stereocenters. The highest BCUT2D eigenvalue weighted by Crippen LogP contribution is 2.31. The smallest absolute Gasteiger partial charge is 0.252 e. The van der Waals surface area contributed by atoms with E-state index in [2.05, 4.69) is 5.32 Å². The molecule has 1 aliphatic heterocycles. The number of furan rings is 1.